The molecule has 0 fully saturated rings. The monoisotopic (exact) mass is 352 g/mol. The van der Waals surface area contributed by atoms with E-state index in [2.05, 4.69) is 35.0 Å². The van der Waals surface area contributed by atoms with Crippen LogP contribution in [0.4, 0.5) is 0 Å². The second-order valence-electron chi connectivity index (χ2n) is 4.91. The van der Waals surface area contributed by atoms with Crippen molar-refractivity contribution in [3.8, 4) is 0 Å². The Hall–Kier alpha value is -0.830. The van der Waals surface area contributed by atoms with Crippen molar-refractivity contribution in [2.24, 2.45) is 0 Å². The minimum Gasteiger partial charge on any atom is -0.384 e. The third-order valence-corrected chi connectivity index (χ3v) is 4.19. The molecule has 0 radical (unpaired) electrons. The third kappa shape index (κ3) is 3.85. The number of hydrogen-bond donors (Lipinski definition) is 1. The fourth-order valence-electron chi connectivity index (χ4n) is 2.15. The van der Waals surface area contributed by atoms with Crippen LogP contribution in [0.5, 0.6) is 0 Å². The summed E-state index contributed by atoms with van der Waals surface area (Å²) < 4.78 is 0.911. The molecule has 1 unspecified atom stereocenters. The van der Waals surface area contributed by atoms with Crippen molar-refractivity contribution in [2.45, 2.75) is 32.3 Å². The molecule has 0 saturated heterocycles. The molecule has 0 aromatic heterocycles. The molecule has 0 bridgehead atoms. The maximum atomic E-state index is 10.4. The van der Waals surface area contributed by atoms with E-state index in [1.54, 1.807) is 6.07 Å². The highest BCUT2D eigenvalue weighted by Gasteiger charge is 2.14. The highest BCUT2D eigenvalue weighted by molar-refractivity contribution is 9.10. The Balaban J connectivity index is 2.18. The number of rotatable bonds is 5. The predicted octanol–water partition coefficient (Wildman–Crippen LogP) is 5.53. The van der Waals surface area contributed by atoms with Gasteiger partial charge in [0.05, 0.1) is 0 Å². The first-order valence-electron chi connectivity index (χ1n) is 6.83. The van der Waals surface area contributed by atoms with Crippen molar-refractivity contribution in [2.75, 3.05) is 0 Å². The smallest absolute Gasteiger partial charge is 0.105 e. The number of aliphatic hydroxyl groups is 1. The van der Waals surface area contributed by atoms with Crippen LogP contribution in [0.25, 0.3) is 0 Å². The highest BCUT2D eigenvalue weighted by atomic mass is 79.9. The molecule has 0 amide bonds. The molecule has 2 aromatic carbocycles. The molecule has 1 N–H and O–H groups in total. The SMILES string of the molecule is CCCCc1ccc(C(O)c2ccc(Br)cc2Cl)cc1. The van der Waals surface area contributed by atoms with Crippen molar-refractivity contribution in [1.82, 2.24) is 0 Å². The zero-order chi connectivity index (χ0) is 14.5. The van der Waals surface area contributed by atoms with Gasteiger partial charge in [-0.1, -0.05) is 71.2 Å². The zero-order valence-corrected chi connectivity index (χ0v) is 13.8. The van der Waals surface area contributed by atoms with Crippen LogP contribution in [-0.4, -0.2) is 5.11 Å². The molecule has 0 aliphatic rings. The second kappa shape index (κ2) is 7.26. The first-order valence-corrected chi connectivity index (χ1v) is 8.00. The molecule has 0 saturated carbocycles. The zero-order valence-electron chi connectivity index (χ0n) is 11.4. The molecule has 1 atom stereocenters. The Bertz CT molecular complexity index is 566. The molecule has 20 heavy (non-hydrogen) atoms. The van der Waals surface area contributed by atoms with E-state index in [4.69, 9.17) is 11.6 Å². The Morgan fingerprint density at radius 3 is 2.45 bits per heavy atom. The van der Waals surface area contributed by atoms with Crippen LogP contribution in [0.1, 0.15) is 42.6 Å². The van der Waals surface area contributed by atoms with Crippen LogP contribution in [-0.2, 0) is 6.42 Å². The number of halogens is 2. The van der Waals surface area contributed by atoms with Gasteiger partial charge in [-0.05, 0) is 36.1 Å². The lowest BCUT2D eigenvalue weighted by Gasteiger charge is -2.14. The van der Waals surface area contributed by atoms with Gasteiger partial charge >= 0.3 is 0 Å². The van der Waals surface area contributed by atoms with Crippen LogP contribution >= 0.6 is 27.5 Å². The van der Waals surface area contributed by atoms with E-state index in [1.807, 2.05) is 24.3 Å². The average molecular weight is 354 g/mol. The van der Waals surface area contributed by atoms with E-state index in [0.29, 0.717) is 5.02 Å². The minimum absolute atomic E-state index is 0.571. The molecule has 2 rings (SSSR count). The number of hydrogen-bond acceptors (Lipinski definition) is 1. The summed E-state index contributed by atoms with van der Waals surface area (Å²) in [6.45, 7) is 2.19. The van der Waals surface area contributed by atoms with Gasteiger partial charge in [0, 0.05) is 15.1 Å². The lowest BCUT2D eigenvalue weighted by Crippen LogP contribution is -2.00. The molecule has 3 heteroatoms. The minimum atomic E-state index is -0.684. The molecule has 0 aliphatic heterocycles. The molecule has 106 valence electrons. The second-order valence-corrected chi connectivity index (χ2v) is 6.24. The predicted molar refractivity (Wildman–Crippen MR) is 88.3 cm³/mol. The topological polar surface area (TPSA) is 20.2 Å². The summed E-state index contributed by atoms with van der Waals surface area (Å²) in [5.41, 5.74) is 2.91. The highest BCUT2D eigenvalue weighted by Crippen LogP contribution is 2.30. The molecule has 0 aliphatic carbocycles. The van der Waals surface area contributed by atoms with E-state index in [0.717, 1.165) is 22.0 Å². The lowest BCUT2D eigenvalue weighted by atomic mass is 9.99. The van der Waals surface area contributed by atoms with Gasteiger partial charge in [0.25, 0.3) is 0 Å². The number of aliphatic hydroxyl groups excluding tert-OH is 1. The summed E-state index contributed by atoms with van der Waals surface area (Å²) in [6.07, 6.45) is 2.79. The molecule has 2 aromatic rings. The Morgan fingerprint density at radius 1 is 1.15 bits per heavy atom. The molecular formula is C17H18BrClO. The quantitative estimate of drug-likeness (QED) is 0.749. The Kier molecular flexibility index (Phi) is 5.64. The lowest BCUT2D eigenvalue weighted by molar-refractivity contribution is 0.220. The van der Waals surface area contributed by atoms with Gasteiger partial charge in [-0.25, -0.2) is 0 Å². The van der Waals surface area contributed by atoms with Gasteiger partial charge in [0.2, 0.25) is 0 Å². The Morgan fingerprint density at radius 2 is 1.85 bits per heavy atom. The summed E-state index contributed by atoms with van der Waals surface area (Å²) in [7, 11) is 0. The van der Waals surface area contributed by atoms with E-state index in [9.17, 15) is 5.11 Å². The van der Waals surface area contributed by atoms with Crippen molar-refractivity contribution in [3.63, 3.8) is 0 Å². The first kappa shape index (κ1) is 15.6. The summed E-state index contributed by atoms with van der Waals surface area (Å²) in [5.74, 6) is 0. The molecule has 0 spiro atoms. The number of unbranched alkanes of at least 4 members (excludes halogenated alkanes) is 1. The van der Waals surface area contributed by atoms with Gasteiger partial charge in [-0.3, -0.25) is 0 Å². The normalized spacial score (nSPS) is 12.4. The van der Waals surface area contributed by atoms with E-state index >= 15 is 0 Å². The van der Waals surface area contributed by atoms with Crippen molar-refractivity contribution in [3.05, 3.63) is 68.7 Å². The van der Waals surface area contributed by atoms with Crippen LogP contribution < -0.4 is 0 Å². The van der Waals surface area contributed by atoms with E-state index in [1.165, 1.54) is 18.4 Å². The van der Waals surface area contributed by atoms with Crippen molar-refractivity contribution in [1.29, 1.82) is 0 Å². The van der Waals surface area contributed by atoms with Crippen LogP contribution in [0.3, 0.4) is 0 Å². The summed E-state index contributed by atoms with van der Waals surface area (Å²) in [4.78, 5) is 0. The molecule has 1 nitrogen and oxygen atoms in total. The first-order chi connectivity index (χ1) is 9.61. The van der Waals surface area contributed by atoms with Gasteiger partial charge in [-0.15, -0.1) is 0 Å². The average Bonchev–Trinajstić information content (AvgIpc) is 2.45. The van der Waals surface area contributed by atoms with Gasteiger partial charge in [0.15, 0.2) is 0 Å². The standard InChI is InChI=1S/C17H18BrClO/c1-2-3-4-12-5-7-13(8-6-12)17(20)15-10-9-14(18)11-16(15)19/h5-11,17,20H,2-4H2,1H3. The number of aryl methyl sites for hydroxylation is 1. The largest absolute Gasteiger partial charge is 0.384 e. The summed E-state index contributed by atoms with van der Waals surface area (Å²) >= 11 is 9.55. The van der Waals surface area contributed by atoms with E-state index in [-0.39, 0.29) is 0 Å². The van der Waals surface area contributed by atoms with Gasteiger partial charge < -0.3 is 5.11 Å². The van der Waals surface area contributed by atoms with Crippen LogP contribution in [0, 0.1) is 0 Å². The van der Waals surface area contributed by atoms with Crippen molar-refractivity contribution < 1.29 is 5.11 Å². The van der Waals surface area contributed by atoms with E-state index < -0.39 is 6.10 Å². The molecular weight excluding hydrogens is 336 g/mol. The van der Waals surface area contributed by atoms with Crippen molar-refractivity contribution >= 4 is 27.5 Å². The Labute approximate surface area is 133 Å². The van der Waals surface area contributed by atoms with Crippen LogP contribution in [0.2, 0.25) is 5.02 Å². The summed E-state index contributed by atoms with van der Waals surface area (Å²) in [6, 6.07) is 13.7. The maximum Gasteiger partial charge on any atom is 0.105 e. The third-order valence-electron chi connectivity index (χ3n) is 3.37. The fraction of sp³-hybridized carbons (Fsp3) is 0.294. The van der Waals surface area contributed by atoms with Gasteiger partial charge in [-0.2, -0.15) is 0 Å². The van der Waals surface area contributed by atoms with Gasteiger partial charge in [0.1, 0.15) is 6.10 Å². The molecule has 0 heterocycles. The number of benzene rings is 2. The maximum absolute atomic E-state index is 10.4. The summed E-state index contributed by atoms with van der Waals surface area (Å²) in [5, 5.41) is 11.0. The fourth-order valence-corrected chi connectivity index (χ4v) is 2.93. The van der Waals surface area contributed by atoms with Crippen LogP contribution in [0.15, 0.2) is 46.9 Å².